The Kier molecular flexibility index (Phi) is 4.35. The van der Waals surface area contributed by atoms with Gasteiger partial charge in [-0.25, -0.2) is 4.98 Å². The molecule has 2 heterocycles. The number of likely N-dealkylation sites (N-methyl/N-ethyl adjacent to an activating group) is 1. The first-order valence-electron chi connectivity index (χ1n) is 7.16. The maximum atomic E-state index is 11.7. The Labute approximate surface area is 137 Å². The number of aliphatic imine (C=N–C) groups is 1. The largest absolute Gasteiger partial charge is 0.383 e. The van der Waals surface area contributed by atoms with Crippen molar-refractivity contribution in [2.45, 2.75) is 25.9 Å². The van der Waals surface area contributed by atoms with Crippen LogP contribution in [0.4, 0.5) is 5.69 Å². The normalized spacial score (nSPS) is 17.8. The topological polar surface area (TPSA) is 66.4 Å². The van der Waals surface area contributed by atoms with Gasteiger partial charge >= 0.3 is 0 Å². The summed E-state index contributed by atoms with van der Waals surface area (Å²) in [6.07, 6.45) is 0. The highest BCUT2D eigenvalue weighted by atomic mass is 32.2. The van der Waals surface area contributed by atoms with Crippen molar-refractivity contribution in [2.75, 3.05) is 18.1 Å². The molecule has 22 heavy (non-hydrogen) atoms. The van der Waals surface area contributed by atoms with E-state index in [0.717, 1.165) is 26.0 Å². The fourth-order valence-corrected chi connectivity index (χ4v) is 4.34. The van der Waals surface area contributed by atoms with Crippen LogP contribution in [0.2, 0.25) is 0 Å². The summed E-state index contributed by atoms with van der Waals surface area (Å²) in [5.41, 5.74) is 2.07. The van der Waals surface area contributed by atoms with Crippen molar-refractivity contribution < 1.29 is 4.79 Å². The van der Waals surface area contributed by atoms with Crippen LogP contribution in [0.25, 0.3) is 10.2 Å². The molecule has 1 unspecified atom stereocenters. The summed E-state index contributed by atoms with van der Waals surface area (Å²) in [4.78, 5) is 20.8. The molecule has 1 aliphatic heterocycles. The van der Waals surface area contributed by atoms with Gasteiger partial charge in [-0.15, -0.1) is 23.1 Å². The second kappa shape index (κ2) is 6.26. The van der Waals surface area contributed by atoms with Gasteiger partial charge in [0.15, 0.2) is 0 Å². The minimum atomic E-state index is -0.296. The van der Waals surface area contributed by atoms with Crippen molar-refractivity contribution in [3.8, 4) is 0 Å². The molecule has 2 N–H and O–H groups in total. The van der Waals surface area contributed by atoms with E-state index >= 15 is 0 Å². The molecule has 1 aromatic heterocycles. The lowest BCUT2D eigenvalue weighted by atomic mass is 10.2. The summed E-state index contributed by atoms with van der Waals surface area (Å²) >= 11 is 3.22. The van der Waals surface area contributed by atoms with Gasteiger partial charge in [0.25, 0.3) is 0 Å². The molecule has 1 aromatic carbocycles. The Morgan fingerprint density at radius 3 is 2.95 bits per heavy atom. The number of nitrogens with one attached hydrogen (secondary N) is 2. The van der Waals surface area contributed by atoms with Crippen LogP contribution in [0.15, 0.2) is 23.2 Å². The Morgan fingerprint density at radius 2 is 2.23 bits per heavy atom. The van der Waals surface area contributed by atoms with Crippen LogP contribution in [-0.4, -0.2) is 40.8 Å². The van der Waals surface area contributed by atoms with Crippen LogP contribution in [-0.2, 0) is 4.79 Å². The van der Waals surface area contributed by atoms with Crippen molar-refractivity contribution in [3.63, 3.8) is 0 Å². The van der Waals surface area contributed by atoms with Gasteiger partial charge in [0.05, 0.1) is 10.2 Å². The number of hydrogen-bond acceptors (Lipinski definition) is 6. The minimum absolute atomic E-state index is 0.0352. The molecule has 0 fully saturated rings. The van der Waals surface area contributed by atoms with Crippen molar-refractivity contribution in [3.05, 3.63) is 23.2 Å². The molecule has 2 aromatic rings. The molecule has 1 amide bonds. The van der Waals surface area contributed by atoms with Crippen molar-refractivity contribution in [2.24, 2.45) is 4.99 Å². The van der Waals surface area contributed by atoms with E-state index in [0.29, 0.717) is 11.8 Å². The van der Waals surface area contributed by atoms with Crippen molar-refractivity contribution in [1.29, 1.82) is 0 Å². The number of aromatic nitrogens is 1. The van der Waals surface area contributed by atoms with Crippen LogP contribution in [0.1, 0.15) is 18.9 Å². The van der Waals surface area contributed by atoms with Gasteiger partial charge in [-0.3, -0.25) is 9.79 Å². The Bertz CT molecular complexity index is 738. The molecule has 1 atom stereocenters. The summed E-state index contributed by atoms with van der Waals surface area (Å²) in [7, 11) is 1.64. The van der Waals surface area contributed by atoms with E-state index in [9.17, 15) is 4.79 Å². The van der Waals surface area contributed by atoms with Crippen LogP contribution in [0, 0.1) is 0 Å². The van der Waals surface area contributed by atoms with E-state index in [1.807, 2.05) is 12.1 Å². The molecular weight excluding hydrogens is 316 g/mol. The average Bonchev–Trinajstić information content (AvgIpc) is 3.11. The highest BCUT2D eigenvalue weighted by Crippen LogP contribution is 2.31. The van der Waals surface area contributed by atoms with Gasteiger partial charge in [-0.05, 0) is 32.0 Å². The standard InChI is InChI=1S/C15H18N4OS2/c1-8(2)17-9-4-5-10-12(6-9)22-15(18-10)14-19-11(7-21-14)13(20)16-3/h4-6,8,11,17H,7H2,1-3H3,(H,16,20). The van der Waals surface area contributed by atoms with E-state index in [1.54, 1.807) is 30.1 Å². The average molecular weight is 334 g/mol. The highest BCUT2D eigenvalue weighted by molar-refractivity contribution is 8.15. The van der Waals surface area contributed by atoms with E-state index in [1.165, 1.54) is 0 Å². The first-order valence-corrected chi connectivity index (χ1v) is 8.96. The molecule has 0 aliphatic carbocycles. The van der Waals surface area contributed by atoms with Crippen LogP contribution < -0.4 is 10.6 Å². The van der Waals surface area contributed by atoms with E-state index in [-0.39, 0.29) is 11.9 Å². The van der Waals surface area contributed by atoms with Gasteiger partial charge in [0.2, 0.25) is 5.91 Å². The van der Waals surface area contributed by atoms with E-state index in [4.69, 9.17) is 0 Å². The predicted molar refractivity (Wildman–Crippen MR) is 95.2 cm³/mol. The first-order chi connectivity index (χ1) is 10.6. The molecule has 0 radical (unpaired) electrons. The number of thioether (sulfide) groups is 1. The number of anilines is 1. The number of rotatable bonds is 4. The molecule has 0 spiro atoms. The van der Waals surface area contributed by atoms with E-state index < -0.39 is 0 Å². The molecule has 0 bridgehead atoms. The third-order valence-corrected chi connectivity index (χ3v) is 5.44. The molecule has 1 aliphatic rings. The summed E-state index contributed by atoms with van der Waals surface area (Å²) < 4.78 is 1.13. The number of amides is 1. The molecule has 0 saturated heterocycles. The SMILES string of the molecule is CNC(=O)C1CSC(c2nc3ccc(NC(C)C)cc3s2)=N1. The molecule has 116 valence electrons. The number of nitrogens with zero attached hydrogens (tertiary/aromatic N) is 2. The van der Waals surface area contributed by atoms with Gasteiger partial charge < -0.3 is 10.6 Å². The quantitative estimate of drug-likeness (QED) is 0.902. The van der Waals surface area contributed by atoms with Gasteiger partial charge in [-0.2, -0.15) is 0 Å². The third kappa shape index (κ3) is 3.10. The maximum Gasteiger partial charge on any atom is 0.245 e. The molecular formula is C15H18N4OS2. The summed E-state index contributed by atoms with van der Waals surface area (Å²) in [6.45, 7) is 4.23. The predicted octanol–water partition coefficient (Wildman–Crippen LogP) is 2.72. The van der Waals surface area contributed by atoms with Gasteiger partial charge in [0.1, 0.15) is 16.1 Å². The summed E-state index contributed by atoms with van der Waals surface area (Å²) in [5.74, 6) is 0.650. The zero-order valence-electron chi connectivity index (χ0n) is 12.7. The van der Waals surface area contributed by atoms with Gasteiger partial charge in [-0.1, -0.05) is 0 Å². The smallest absolute Gasteiger partial charge is 0.245 e. The number of fused-ring (bicyclic) bond motifs is 1. The third-order valence-electron chi connectivity index (χ3n) is 3.23. The maximum absolute atomic E-state index is 11.7. The van der Waals surface area contributed by atoms with Crippen LogP contribution >= 0.6 is 23.1 Å². The highest BCUT2D eigenvalue weighted by Gasteiger charge is 2.26. The van der Waals surface area contributed by atoms with Crippen LogP contribution in [0.5, 0.6) is 0 Å². The zero-order valence-corrected chi connectivity index (χ0v) is 14.3. The first kappa shape index (κ1) is 15.3. The Morgan fingerprint density at radius 1 is 1.41 bits per heavy atom. The zero-order chi connectivity index (χ0) is 15.7. The van der Waals surface area contributed by atoms with Crippen molar-refractivity contribution >= 4 is 50.0 Å². The summed E-state index contributed by atoms with van der Waals surface area (Å²) in [5, 5.41) is 7.81. The molecule has 3 rings (SSSR count). The lowest BCUT2D eigenvalue weighted by molar-refractivity contribution is -0.121. The van der Waals surface area contributed by atoms with E-state index in [2.05, 4.69) is 40.5 Å². The second-order valence-electron chi connectivity index (χ2n) is 5.38. The number of carbonyl (C=O) groups is 1. The lowest BCUT2D eigenvalue weighted by Gasteiger charge is -2.08. The number of thiazole rings is 1. The monoisotopic (exact) mass is 334 g/mol. The molecule has 7 heteroatoms. The van der Waals surface area contributed by atoms with Gasteiger partial charge in [0, 0.05) is 24.5 Å². The molecule has 0 saturated carbocycles. The van der Waals surface area contributed by atoms with Crippen LogP contribution in [0.3, 0.4) is 0 Å². The Balaban J connectivity index is 1.88. The fraction of sp³-hybridized carbons (Fsp3) is 0.400. The second-order valence-corrected chi connectivity index (χ2v) is 7.42. The number of carbonyl (C=O) groups excluding carboxylic acids is 1. The number of benzene rings is 1. The summed E-state index contributed by atoms with van der Waals surface area (Å²) in [6, 6.07) is 6.29. The van der Waals surface area contributed by atoms with Crippen molar-refractivity contribution in [1.82, 2.24) is 10.3 Å². The number of hydrogen-bond donors (Lipinski definition) is 2. The Hall–Kier alpha value is -1.60. The lowest BCUT2D eigenvalue weighted by Crippen LogP contribution is -2.30. The molecule has 5 nitrogen and oxygen atoms in total. The minimum Gasteiger partial charge on any atom is -0.383 e. The fourth-order valence-electron chi connectivity index (χ4n) is 2.23.